The van der Waals surface area contributed by atoms with Crippen molar-refractivity contribution in [1.29, 1.82) is 0 Å². The van der Waals surface area contributed by atoms with Gasteiger partial charge in [-0.25, -0.2) is 4.39 Å². The quantitative estimate of drug-likeness (QED) is 0.816. The number of aryl methyl sites for hydroxylation is 1. The fraction of sp³-hybridized carbons (Fsp3) is 0.235. The van der Waals surface area contributed by atoms with Crippen molar-refractivity contribution in [2.75, 3.05) is 0 Å². The number of carbonyl (C=O) groups is 1. The summed E-state index contributed by atoms with van der Waals surface area (Å²) in [6, 6.07) is 14.6. The summed E-state index contributed by atoms with van der Waals surface area (Å²) in [6.45, 7) is 0. The predicted octanol–water partition coefficient (Wildman–Crippen LogP) is 3.67. The third-order valence-corrected chi connectivity index (χ3v) is 3.84. The SMILES string of the molecule is O=C(Cc1ccccc1F)C1CCc2ccccc21. The van der Waals surface area contributed by atoms with Gasteiger partial charge in [0, 0.05) is 12.3 Å². The van der Waals surface area contributed by atoms with Crippen LogP contribution in [0.5, 0.6) is 0 Å². The Bertz CT molecular complexity index is 618. The first kappa shape index (κ1) is 12.1. The summed E-state index contributed by atoms with van der Waals surface area (Å²) in [5, 5.41) is 0. The fourth-order valence-corrected chi connectivity index (χ4v) is 2.84. The van der Waals surface area contributed by atoms with Crippen LogP contribution < -0.4 is 0 Å². The largest absolute Gasteiger partial charge is 0.299 e. The molecule has 0 aliphatic heterocycles. The molecule has 1 atom stereocenters. The zero-order valence-corrected chi connectivity index (χ0v) is 10.6. The normalized spacial score (nSPS) is 17.2. The maximum absolute atomic E-state index is 13.6. The first-order valence-electron chi connectivity index (χ1n) is 6.59. The lowest BCUT2D eigenvalue weighted by molar-refractivity contribution is -0.119. The minimum Gasteiger partial charge on any atom is -0.299 e. The van der Waals surface area contributed by atoms with Crippen LogP contribution in [0.3, 0.4) is 0 Å². The summed E-state index contributed by atoms with van der Waals surface area (Å²) in [5.41, 5.74) is 2.88. The molecular weight excluding hydrogens is 239 g/mol. The molecule has 0 fully saturated rings. The van der Waals surface area contributed by atoms with Crippen molar-refractivity contribution in [1.82, 2.24) is 0 Å². The van der Waals surface area contributed by atoms with Crippen molar-refractivity contribution in [2.45, 2.75) is 25.2 Å². The van der Waals surface area contributed by atoms with Gasteiger partial charge in [-0.1, -0.05) is 42.5 Å². The van der Waals surface area contributed by atoms with E-state index in [4.69, 9.17) is 0 Å². The van der Waals surface area contributed by atoms with Gasteiger partial charge in [0.15, 0.2) is 0 Å². The van der Waals surface area contributed by atoms with Crippen molar-refractivity contribution in [3.05, 3.63) is 71.0 Å². The average Bonchev–Trinajstić information content (AvgIpc) is 2.85. The summed E-state index contributed by atoms with van der Waals surface area (Å²) < 4.78 is 13.6. The van der Waals surface area contributed by atoms with Crippen molar-refractivity contribution in [3.63, 3.8) is 0 Å². The third kappa shape index (κ3) is 2.30. The second kappa shape index (κ2) is 4.96. The van der Waals surface area contributed by atoms with Gasteiger partial charge in [-0.05, 0) is 35.6 Å². The molecule has 2 heteroatoms. The van der Waals surface area contributed by atoms with Crippen LogP contribution in [0.25, 0.3) is 0 Å². The highest BCUT2D eigenvalue weighted by atomic mass is 19.1. The van der Waals surface area contributed by atoms with Gasteiger partial charge < -0.3 is 0 Å². The van der Waals surface area contributed by atoms with Crippen LogP contribution >= 0.6 is 0 Å². The summed E-state index contributed by atoms with van der Waals surface area (Å²) in [7, 11) is 0. The molecule has 0 heterocycles. The third-order valence-electron chi connectivity index (χ3n) is 3.84. The molecule has 96 valence electrons. The molecule has 0 amide bonds. The molecule has 0 saturated heterocycles. The lowest BCUT2D eigenvalue weighted by Crippen LogP contribution is -2.13. The number of hydrogen-bond acceptors (Lipinski definition) is 1. The number of hydrogen-bond donors (Lipinski definition) is 0. The van der Waals surface area contributed by atoms with Crippen LogP contribution in [-0.2, 0) is 17.6 Å². The maximum Gasteiger partial charge on any atom is 0.144 e. The van der Waals surface area contributed by atoms with Crippen LogP contribution in [0.2, 0.25) is 0 Å². The molecule has 2 aromatic carbocycles. The zero-order chi connectivity index (χ0) is 13.2. The van der Waals surface area contributed by atoms with E-state index in [0.717, 1.165) is 18.4 Å². The van der Waals surface area contributed by atoms with E-state index in [2.05, 4.69) is 6.07 Å². The number of carbonyl (C=O) groups excluding carboxylic acids is 1. The van der Waals surface area contributed by atoms with Gasteiger partial charge in [-0.2, -0.15) is 0 Å². The summed E-state index contributed by atoms with van der Waals surface area (Å²) in [6.07, 6.45) is 1.99. The first-order valence-corrected chi connectivity index (χ1v) is 6.59. The smallest absolute Gasteiger partial charge is 0.144 e. The minimum atomic E-state index is -0.290. The van der Waals surface area contributed by atoms with Crippen molar-refractivity contribution < 1.29 is 9.18 Å². The van der Waals surface area contributed by atoms with Gasteiger partial charge >= 0.3 is 0 Å². The molecular formula is C17H15FO. The van der Waals surface area contributed by atoms with Gasteiger partial charge in [0.05, 0.1) is 0 Å². The Kier molecular flexibility index (Phi) is 3.16. The Morgan fingerprint density at radius 2 is 1.84 bits per heavy atom. The lowest BCUT2D eigenvalue weighted by Gasteiger charge is -2.10. The summed E-state index contributed by atoms with van der Waals surface area (Å²) in [5.74, 6) is -0.229. The van der Waals surface area contributed by atoms with Gasteiger partial charge in [0.1, 0.15) is 11.6 Å². The second-order valence-corrected chi connectivity index (χ2v) is 5.02. The summed E-state index contributed by atoms with van der Waals surface area (Å²) >= 11 is 0. The van der Waals surface area contributed by atoms with E-state index in [1.54, 1.807) is 18.2 Å². The van der Waals surface area contributed by atoms with Crippen molar-refractivity contribution in [2.24, 2.45) is 0 Å². The first-order chi connectivity index (χ1) is 9.25. The van der Waals surface area contributed by atoms with E-state index in [1.165, 1.54) is 11.6 Å². The van der Waals surface area contributed by atoms with Crippen LogP contribution in [0.1, 0.15) is 29.0 Å². The number of benzene rings is 2. The molecule has 0 saturated carbocycles. The van der Waals surface area contributed by atoms with Crippen LogP contribution in [-0.4, -0.2) is 5.78 Å². The van der Waals surface area contributed by atoms with Crippen molar-refractivity contribution in [3.8, 4) is 0 Å². The van der Waals surface area contributed by atoms with Gasteiger partial charge in [-0.15, -0.1) is 0 Å². The van der Waals surface area contributed by atoms with Gasteiger partial charge in [0.2, 0.25) is 0 Å². The van der Waals surface area contributed by atoms with E-state index in [9.17, 15) is 9.18 Å². The van der Waals surface area contributed by atoms with Crippen LogP contribution in [0, 0.1) is 5.82 Å². The van der Waals surface area contributed by atoms with Gasteiger partial charge in [-0.3, -0.25) is 4.79 Å². The standard InChI is InChI=1S/C17H15FO/c18-16-8-4-2-6-13(16)11-17(19)15-10-9-12-5-1-3-7-14(12)15/h1-8,15H,9-11H2. The van der Waals surface area contributed by atoms with E-state index in [-0.39, 0.29) is 23.9 Å². The highest BCUT2D eigenvalue weighted by Gasteiger charge is 2.28. The molecule has 0 N–H and O–H groups in total. The highest BCUT2D eigenvalue weighted by molar-refractivity contribution is 5.88. The Labute approximate surface area is 112 Å². The van der Waals surface area contributed by atoms with Crippen LogP contribution in [0.4, 0.5) is 4.39 Å². The molecule has 0 radical (unpaired) electrons. The number of ketones is 1. The van der Waals surface area contributed by atoms with E-state index >= 15 is 0 Å². The molecule has 1 aliphatic rings. The molecule has 0 spiro atoms. The number of rotatable bonds is 3. The Morgan fingerprint density at radius 3 is 2.68 bits per heavy atom. The Morgan fingerprint density at radius 1 is 1.11 bits per heavy atom. The highest BCUT2D eigenvalue weighted by Crippen LogP contribution is 2.34. The minimum absolute atomic E-state index is 0.0594. The fourth-order valence-electron chi connectivity index (χ4n) is 2.84. The summed E-state index contributed by atoms with van der Waals surface area (Å²) in [4.78, 5) is 12.4. The average molecular weight is 254 g/mol. The van der Waals surface area contributed by atoms with Crippen LogP contribution in [0.15, 0.2) is 48.5 Å². The van der Waals surface area contributed by atoms with E-state index in [1.807, 2.05) is 18.2 Å². The molecule has 19 heavy (non-hydrogen) atoms. The molecule has 3 rings (SSSR count). The molecule has 0 aromatic heterocycles. The maximum atomic E-state index is 13.6. The van der Waals surface area contributed by atoms with Crippen molar-refractivity contribution >= 4 is 5.78 Å². The number of halogens is 1. The molecule has 1 unspecified atom stereocenters. The second-order valence-electron chi connectivity index (χ2n) is 5.02. The Hall–Kier alpha value is -1.96. The predicted molar refractivity (Wildman–Crippen MR) is 72.6 cm³/mol. The van der Waals surface area contributed by atoms with E-state index in [0.29, 0.717) is 5.56 Å². The molecule has 2 aromatic rings. The lowest BCUT2D eigenvalue weighted by atomic mass is 9.92. The van der Waals surface area contributed by atoms with E-state index < -0.39 is 0 Å². The molecule has 1 aliphatic carbocycles. The molecule has 0 bridgehead atoms. The Balaban J connectivity index is 1.81. The number of fused-ring (bicyclic) bond motifs is 1. The number of Topliss-reactive ketones (excluding diaryl/α,β-unsaturated/α-hetero) is 1. The molecule has 1 nitrogen and oxygen atoms in total. The monoisotopic (exact) mass is 254 g/mol. The zero-order valence-electron chi connectivity index (χ0n) is 10.6. The van der Waals surface area contributed by atoms with Gasteiger partial charge in [0.25, 0.3) is 0 Å². The topological polar surface area (TPSA) is 17.1 Å².